The first-order valence-corrected chi connectivity index (χ1v) is 6.25. The lowest BCUT2D eigenvalue weighted by Gasteiger charge is -2.15. The smallest absolute Gasteiger partial charge is 0.0212 e. The van der Waals surface area contributed by atoms with E-state index in [4.69, 9.17) is 0 Å². The van der Waals surface area contributed by atoms with E-state index in [1.807, 2.05) is 0 Å². The fourth-order valence-corrected chi connectivity index (χ4v) is 2.52. The van der Waals surface area contributed by atoms with Gasteiger partial charge in [0.05, 0.1) is 0 Å². The summed E-state index contributed by atoms with van der Waals surface area (Å²) in [5, 5.41) is 4.38. The lowest BCUT2D eigenvalue weighted by Crippen LogP contribution is -2.12. The topological polar surface area (TPSA) is 0 Å². The van der Waals surface area contributed by atoms with E-state index in [0.717, 1.165) is 5.92 Å². The largest absolute Gasteiger partial charge is 0.152 e. The molecule has 1 aromatic heterocycles. The standard InChI is InChI=1S/C10H15BrS/c1-3-8(2)10(11)6-9-4-5-12-7-9/h4-5,7-8,10H,3,6H2,1-2H3. The van der Waals surface area contributed by atoms with Crippen LogP contribution in [0.1, 0.15) is 25.8 Å². The van der Waals surface area contributed by atoms with Gasteiger partial charge in [0.2, 0.25) is 0 Å². The Morgan fingerprint density at radius 1 is 1.58 bits per heavy atom. The summed E-state index contributed by atoms with van der Waals surface area (Å²) in [5.41, 5.74) is 1.46. The van der Waals surface area contributed by atoms with E-state index >= 15 is 0 Å². The van der Waals surface area contributed by atoms with Gasteiger partial charge in [0, 0.05) is 4.83 Å². The molecule has 0 amide bonds. The molecule has 1 heterocycles. The van der Waals surface area contributed by atoms with Gasteiger partial charge < -0.3 is 0 Å². The van der Waals surface area contributed by atoms with Crippen molar-refractivity contribution in [2.45, 2.75) is 31.5 Å². The summed E-state index contributed by atoms with van der Waals surface area (Å²) < 4.78 is 0. The molecule has 0 bridgehead atoms. The first kappa shape index (κ1) is 10.3. The van der Waals surface area contributed by atoms with Crippen molar-refractivity contribution in [1.82, 2.24) is 0 Å². The van der Waals surface area contributed by atoms with Gasteiger partial charge in [0.25, 0.3) is 0 Å². The zero-order valence-corrected chi connectivity index (χ0v) is 9.99. The maximum Gasteiger partial charge on any atom is 0.0212 e. The number of rotatable bonds is 4. The van der Waals surface area contributed by atoms with Gasteiger partial charge in [0.1, 0.15) is 0 Å². The fraction of sp³-hybridized carbons (Fsp3) is 0.600. The molecule has 0 spiro atoms. The predicted octanol–water partition coefficient (Wildman–Crippen LogP) is 4.10. The molecule has 2 unspecified atom stereocenters. The molecule has 0 aliphatic carbocycles. The molecule has 0 fully saturated rings. The summed E-state index contributed by atoms with van der Waals surface area (Å²) in [5.74, 6) is 0.768. The van der Waals surface area contributed by atoms with Crippen LogP contribution in [0.15, 0.2) is 16.8 Å². The van der Waals surface area contributed by atoms with Crippen LogP contribution in [0.25, 0.3) is 0 Å². The summed E-state index contributed by atoms with van der Waals surface area (Å²) in [6, 6.07) is 2.21. The highest BCUT2D eigenvalue weighted by Gasteiger charge is 2.12. The molecule has 0 nitrogen and oxygen atoms in total. The van der Waals surface area contributed by atoms with Gasteiger partial charge >= 0.3 is 0 Å². The van der Waals surface area contributed by atoms with Gasteiger partial charge in [-0.25, -0.2) is 0 Å². The number of thiophene rings is 1. The molecule has 0 aliphatic heterocycles. The van der Waals surface area contributed by atoms with E-state index in [0.29, 0.717) is 4.83 Å². The monoisotopic (exact) mass is 246 g/mol. The SMILES string of the molecule is CCC(C)C(Br)Cc1ccsc1. The Hall–Kier alpha value is 0.180. The minimum atomic E-state index is 0.636. The molecule has 0 radical (unpaired) electrons. The first-order chi connectivity index (χ1) is 5.74. The Kier molecular flexibility index (Phi) is 4.30. The second-order valence-corrected chi connectivity index (χ2v) is 5.19. The summed E-state index contributed by atoms with van der Waals surface area (Å²) in [4.78, 5) is 0.636. The molecule has 0 aromatic carbocycles. The summed E-state index contributed by atoms with van der Waals surface area (Å²) in [6.07, 6.45) is 2.42. The van der Waals surface area contributed by atoms with Crippen molar-refractivity contribution in [3.63, 3.8) is 0 Å². The van der Waals surface area contributed by atoms with E-state index in [9.17, 15) is 0 Å². The minimum absolute atomic E-state index is 0.636. The van der Waals surface area contributed by atoms with Crippen molar-refractivity contribution in [2.24, 2.45) is 5.92 Å². The van der Waals surface area contributed by atoms with Gasteiger partial charge in [-0.2, -0.15) is 11.3 Å². The van der Waals surface area contributed by atoms with Gasteiger partial charge in [-0.3, -0.25) is 0 Å². The molecule has 0 saturated carbocycles. The first-order valence-electron chi connectivity index (χ1n) is 4.39. The molecule has 0 saturated heterocycles. The van der Waals surface area contributed by atoms with E-state index in [2.05, 4.69) is 46.6 Å². The van der Waals surface area contributed by atoms with Gasteiger partial charge in [-0.15, -0.1) is 0 Å². The van der Waals surface area contributed by atoms with Crippen molar-refractivity contribution in [1.29, 1.82) is 0 Å². The number of alkyl halides is 1. The van der Waals surface area contributed by atoms with E-state index in [1.54, 1.807) is 11.3 Å². The van der Waals surface area contributed by atoms with Crippen LogP contribution in [0.2, 0.25) is 0 Å². The molecule has 1 rings (SSSR count). The molecule has 2 atom stereocenters. The normalized spacial score (nSPS) is 15.9. The van der Waals surface area contributed by atoms with Gasteiger partial charge in [-0.1, -0.05) is 36.2 Å². The minimum Gasteiger partial charge on any atom is -0.152 e. The maximum atomic E-state index is 3.73. The Bertz CT molecular complexity index is 206. The van der Waals surface area contributed by atoms with Crippen molar-refractivity contribution in [3.05, 3.63) is 22.4 Å². The summed E-state index contributed by atoms with van der Waals surface area (Å²) >= 11 is 5.51. The Morgan fingerprint density at radius 3 is 2.83 bits per heavy atom. The Balaban J connectivity index is 2.41. The van der Waals surface area contributed by atoms with Crippen molar-refractivity contribution >= 4 is 27.3 Å². The van der Waals surface area contributed by atoms with E-state index in [1.165, 1.54) is 18.4 Å². The second-order valence-electron chi connectivity index (χ2n) is 3.24. The third-order valence-corrected chi connectivity index (χ3v) is 4.23. The average Bonchev–Trinajstić information content (AvgIpc) is 2.55. The van der Waals surface area contributed by atoms with Crippen LogP contribution in [-0.4, -0.2) is 4.83 Å². The maximum absolute atomic E-state index is 3.73. The highest BCUT2D eigenvalue weighted by atomic mass is 79.9. The third-order valence-electron chi connectivity index (χ3n) is 2.27. The average molecular weight is 247 g/mol. The van der Waals surface area contributed by atoms with Crippen molar-refractivity contribution < 1.29 is 0 Å². The summed E-state index contributed by atoms with van der Waals surface area (Å²) in [7, 11) is 0. The number of halogens is 1. The highest BCUT2D eigenvalue weighted by Crippen LogP contribution is 2.21. The fourth-order valence-electron chi connectivity index (χ4n) is 1.09. The zero-order valence-electron chi connectivity index (χ0n) is 7.59. The van der Waals surface area contributed by atoms with Gasteiger partial charge in [-0.05, 0) is 34.7 Å². The van der Waals surface area contributed by atoms with Crippen LogP contribution in [0, 0.1) is 5.92 Å². The molecule has 68 valence electrons. The quantitative estimate of drug-likeness (QED) is 0.702. The van der Waals surface area contributed by atoms with Crippen molar-refractivity contribution in [3.8, 4) is 0 Å². The van der Waals surface area contributed by atoms with Crippen LogP contribution in [0.5, 0.6) is 0 Å². The van der Waals surface area contributed by atoms with E-state index in [-0.39, 0.29) is 0 Å². The Morgan fingerprint density at radius 2 is 2.33 bits per heavy atom. The lowest BCUT2D eigenvalue weighted by molar-refractivity contribution is 0.538. The summed E-state index contributed by atoms with van der Waals surface area (Å²) in [6.45, 7) is 4.54. The zero-order chi connectivity index (χ0) is 8.97. The molecular formula is C10H15BrS. The van der Waals surface area contributed by atoms with Crippen molar-refractivity contribution in [2.75, 3.05) is 0 Å². The van der Waals surface area contributed by atoms with E-state index < -0.39 is 0 Å². The van der Waals surface area contributed by atoms with Crippen LogP contribution < -0.4 is 0 Å². The molecular weight excluding hydrogens is 232 g/mol. The molecule has 2 heteroatoms. The number of hydrogen-bond donors (Lipinski definition) is 0. The molecule has 12 heavy (non-hydrogen) atoms. The number of hydrogen-bond acceptors (Lipinski definition) is 1. The van der Waals surface area contributed by atoms with Crippen LogP contribution in [0.3, 0.4) is 0 Å². The van der Waals surface area contributed by atoms with Crippen LogP contribution >= 0.6 is 27.3 Å². The lowest BCUT2D eigenvalue weighted by atomic mass is 10.0. The third kappa shape index (κ3) is 2.91. The predicted molar refractivity (Wildman–Crippen MR) is 60.2 cm³/mol. The Labute approximate surface area is 87.1 Å². The molecule has 1 aromatic rings. The second kappa shape index (κ2) is 5.03. The van der Waals surface area contributed by atoms with Crippen LogP contribution in [-0.2, 0) is 6.42 Å². The highest BCUT2D eigenvalue weighted by molar-refractivity contribution is 9.09. The van der Waals surface area contributed by atoms with Gasteiger partial charge in [0.15, 0.2) is 0 Å². The molecule has 0 aliphatic rings. The van der Waals surface area contributed by atoms with Crippen LogP contribution in [0.4, 0.5) is 0 Å². The molecule has 0 N–H and O–H groups in total.